The van der Waals surface area contributed by atoms with E-state index >= 15 is 0 Å². The highest BCUT2D eigenvalue weighted by atomic mass is 15.0. The molecule has 100 valence electrons. The molecule has 0 aliphatic heterocycles. The molecule has 1 atom stereocenters. The molecule has 0 unspecified atom stereocenters. The number of aromatic nitrogens is 2. The van der Waals surface area contributed by atoms with Crippen LogP contribution in [0.15, 0.2) is 43.0 Å². The van der Waals surface area contributed by atoms with Crippen molar-refractivity contribution in [2.75, 3.05) is 6.54 Å². The predicted molar refractivity (Wildman–Crippen MR) is 77.1 cm³/mol. The lowest BCUT2D eigenvalue weighted by atomic mass is 9.88. The molecule has 0 bridgehead atoms. The third kappa shape index (κ3) is 3.24. The molecule has 2 aromatic rings. The Morgan fingerprint density at radius 2 is 2.16 bits per heavy atom. The van der Waals surface area contributed by atoms with Crippen LogP contribution in [-0.4, -0.2) is 22.1 Å². The van der Waals surface area contributed by atoms with E-state index in [1.54, 1.807) is 5.56 Å². The number of rotatable bonds is 5. The molecule has 3 rings (SSSR count). The summed E-state index contributed by atoms with van der Waals surface area (Å²) in [6, 6.07) is 9.50. The fourth-order valence-corrected chi connectivity index (χ4v) is 2.86. The number of fused-ring (bicyclic) bond motifs is 1. The second-order valence-electron chi connectivity index (χ2n) is 5.32. The monoisotopic (exact) mass is 255 g/mol. The van der Waals surface area contributed by atoms with Crippen molar-refractivity contribution in [1.82, 2.24) is 14.9 Å². The van der Waals surface area contributed by atoms with Crippen molar-refractivity contribution in [3.05, 3.63) is 54.1 Å². The van der Waals surface area contributed by atoms with E-state index in [4.69, 9.17) is 0 Å². The largest absolute Gasteiger partial charge is 0.337 e. The first kappa shape index (κ1) is 12.4. The van der Waals surface area contributed by atoms with Gasteiger partial charge in [0, 0.05) is 25.0 Å². The molecule has 0 spiro atoms. The maximum atomic E-state index is 4.06. The molecule has 19 heavy (non-hydrogen) atoms. The van der Waals surface area contributed by atoms with E-state index < -0.39 is 0 Å². The number of benzene rings is 1. The Balaban J connectivity index is 1.42. The van der Waals surface area contributed by atoms with Crippen LogP contribution < -0.4 is 5.32 Å². The van der Waals surface area contributed by atoms with Crippen LogP contribution in [0.25, 0.3) is 0 Å². The SMILES string of the molecule is c1ccc2c(c1)CC[C@@H](NCCCn1ccnc1)C2. The number of nitrogens with one attached hydrogen (secondary N) is 1. The maximum Gasteiger partial charge on any atom is 0.0945 e. The van der Waals surface area contributed by atoms with Crippen LogP contribution in [0.5, 0.6) is 0 Å². The average Bonchev–Trinajstić information content (AvgIpc) is 2.97. The maximum absolute atomic E-state index is 4.06. The normalized spacial score (nSPS) is 18.2. The van der Waals surface area contributed by atoms with Crippen LogP contribution in [-0.2, 0) is 19.4 Å². The zero-order valence-electron chi connectivity index (χ0n) is 11.3. The zero-order valence-corrected chi connectivity index (χ0v) is 11.3. The van der Waals surface area contributed by atoms with Crippen molar-refractivity contribution >= 4 is 0 Å². The summed E-state index contributed by atoms with van der Waals surface area (Å²) in [5.41, 5.74) is 3.07. The summed E-state index contributed by atoms with van der Waals surface area (Å²) in [5, 5.41) is 3.69. The van der Waals surface area contributed by atoms with Gasteiger partial charge in [-0.05, 0) is 43.4 Å². The first-order valence-electron chi connectivity index (χ1n) is 7.18. The highest BCUT2D eigenvalue weighted by Crippen LogP contribution is 2.20. The van der Waals surface area contributed by atoms with Gasteiger partial charge in [0.1, 0.15) is 0 Å². The van der Waals surface area contributed by atoms with E-state index in [9.17, 15) is 0 Å². The van der Waals surface area contributed by atoms with Crippen molar-refractivity contribution < 1.29 is 0 Å². The van der Waals surface area contributed by atoms with E-state index in [1.165, 1.54) is 24.8 Å². The standard InChI is InChI=1S/C16H21N3/c1-2-5-15-12-16(7-6-14(15)4-1)18-8-3-10-19-11-9-17-13-19/h1-2,4-5,9,11,13,16,18H,3,6-8,10,12H2/t16-/m1/s1. The molecule has 3 nitrogen and oxygen atoms in total. The molecule has 1 heterocycles. The summed E-state index contributed by atoms with van der Waals surface area (Å²) in [4.78, 5) is 4.06. The van der Waals surface area contributed by atoms with Gasteiger partial charge < -0.3 is 9.88 Å². The summed E-state index contributed by atoms with van der Waals surface area (Å²) in [5.74, 6) is 0. The number of hydrogen-bond donors (Lipinski definition) is 1. The minimum atomic E-state index is 0.651. The molecule has 0 fully saturated rings. The highest BCUT2D eigenvalue weighted by Gasteiger charge is 2.16. The van der Waals surface area contributed by atoms with Gasteiger partial charge >= 0.3 is 0 Å². The van der Waals surface area contributed by atoms with Gasteiger partial charge in [-0.1, -0.05) is 24.3 Å². The number of hydrogen-bond acceptors (Lipinski definition) is 2. The quantitative estimate of drug-likeness (QED) is 0.832. The zero-order chi connectivity index (χ0) is 12.9. The van der Waals surface area contributed by atoms with Crippen molar-refractivity contribution in [2.45, 2.75) is 38.3 Å². The van der Waals surface area contributed by atoms with Crippen LogP contribution in [0.3, 0.4) is 0 Å². The molecule has 0 saturated carbocycles. The topological polar surface area (TPSA) is 29.9 Å². The molecule has 1 aromatic carbocycles. The van der Waals surface area contributed by atoms with E-state index in [-0.39, 0.29) is 0 Å². The van der Waals surface area contributed by atoms with Crippen molar-refractivity contribution in [1.29, 1.82) is 0 Å². The van der Waals surface area contributed by atoms with E-state index in [0.29, 0.717) is 6.04 Å². The lowest BCUT2D eigenvalue weighted by Gasteiger charge is -2.25. The Hall–Kier alpha value is -1.61. The van der Waals surface area contributed by atoms with Gasteiger partial charge in [-0.2, -0.15) is 0 Å². The van der Waals surface area contributed by atoms with Gasteiger partial charge in [-0.15, -0.1) is 0 Å². The summed E-state index contributed by atoms with van der Waals surface area (Å²) in [6.07, 6.45) is 10.6. The Kier molecular flexibility index (Phi) is 3.94. The van der Waals surface area contributed by atoms with E-state index in [0.717, 1.165) is 19.5 Å². The lowest BCUT2D eigenvalue weighted by Crippen LogP contribution is -2.35. The first-order chi connectivity index (χ1) is 9.42. The molecule has 0 saturated heterocycles. The molecule has 1 N–H and O–H groups in total. The van der Waals surface area contributed by atoms with Crippen LogP contribution in [0.1, 0.15) is 24.0 Å². The van der Waals surface area contributed by atoms with Gasteiger partial charge in [0.05, 0.1) is 6.33 Å². The Morgan fingerprint density at radius 1 is 1.26 bits per heavy atom. The molecule has 1 aliphatic rings. The third-order valence-corrected chi connectivity index (χ3v) is 3.93. The summed E-state index contributed by atoms with van der Waals surface area (Å²) in [7, 11) is 0. The minimum Gasteiger partial charge on any atom is -0.337 e. The van der Waals surface area contributed by atoms with Gasteiger partial charge in [-0.25, -0.2) is 4.98 Å². The average molecular weight is 255 g/mol. The first-order valence-corrected chi connectivity index (χ1v) is 7.18. The van der Waals surface area contributed by atoms with Gasteiger partial charge in [-0.3, -0.25) is 0 Å². The van der Waals surface area contributed by atoms with E-state index in [2.05, 4.69) is 39.1 Å². The molecule has 1 aromatic heterocycles. The third-order valence-electron chi connectivity index (χ3n) is 3.93. The van der Waals surface area contributed by atoms with E-state index in [1.807, 2.05) is 18.7 Å². The van der Waals surface area contributed by atoms with Crippen molar-refractivity contribution in [2.24, 2.45) is 0 Å². The van der Waals surface area contributed by atoms with Crippen molar-refractivity contribution in [3.8, 4) is 0 Å². The summed E-state index contributed by atoms with van der Waals surface area (Å²) >= 11 is 0. The van der Waals surface area contributed by atoms with Crippen LogP contribution >= 0.6 is 0 Å². The van der Waals surface area contributed by atoms with Crippen LogP contribution in [0, 0.1) is 0 Å². The Bertz CT molecular complexity index is 504. The second kappa shape index (κ2) is 6.02. The fraction of sp³-hybridized carbons (Fsp3) is 0.438. The Morgan fingerprint density at radius 3 is 3.00 bits per heavy atom. The summed E-state index contributed by atoms with van der Waals surface area (Å²) in [6.45, 7) is 2.14. The minimum absolute atomic E-state index is 0.651. The lowest BCUT2D eigenvalue weighted by molar-refractivity contribution is 0.444. The van der Waals surface area contributed by atoms with Crippen LogP contribution in [0.4, 0.5) is 0 Å². The predicted octanol–water partition coefficient (Wildman–Crippen LogP) is 2.42. The summed E-state index contributed by atoms with van der Waals surface area (Å²) < 4.78 is 2.14. The number of aryl methyl sites for hydroxylation is 2. The molecule has 0 amide bonds. The van der Waals surface area contributed by atoms with Crippen LogP contribution in [0.2, 0.25) is 0 Å². The molecule has 0 radical (unpaired) electrons. The smallest absolute Gasteiger partial charge is 0.0945 e. The second-order valence-corrected chi connectivity index (χ2v) is 5.32. The molecular formula is C16H21N3. The van der Waals surface area contributed by atoms with Gasteiger partial charge in [0.25, 0.3) is 0 Å². The number of nitrogens with zero attached hydrogens (tertiary/aromatic N) is 2. The number of imidazole rings is 1. The molecule has 1 aliphatic carbocycles. The highest BCUT2D eigenvalue weighted by molar-refractivity contribution is 5.30. The Labute approximate surface area is 114 Å². The van der Waals surface area contributed by atoms with Gasteiger partial charge in [0.2, 0.25) is 0 Å². The van der Waals surface area contributed by atoms with Gasteiger partial charge in [0.15, 0.2) is 0 Å². The van der Waals surface area contributed by atoms with Crippen molar-refractivity contribution in [3.63, 3.8) is 0 Å². The fourth-order valence-electron chi connectivity index (χ4n) is 2.86. The molecule has 3 heteroatoms. The molecular weight excluding hydrogens is 234 g/mol.